The molecule has 4 atom stereocenters. The third-order valence-electron chi connectivity index (χ3n) is 5.27. The van der Waals surface area contributed by atoms with E-state index in [2.05, 4.69) is 5.32 Å². The highest BCUT2D eigenvalue weighted by Gasteiger charge is 2.46. The highest BCUT2D eigenvalue weighted by Crippen LogP contribution is 2.39. The van der Waals surface area contributed by atoms with E-state index in [0.29, 0.717) is 19.5 Å². The summed E-state index contributed by atoms with van der Waals surface area (Å²) in [7, 11) is 0. The summed E-state index contributed by atoms with van der Waals surface area (Å²) >= 11 is 1.43. The van der Waals surface area contributed by atoms with Gasteiger partial charge in [0.15, 0.2) is 5.37 Å². The van der Waals surface area contributed by atoms with Crippen LogP contribution in [0.4, 0.5) is 0 Å². The van der Waals surface area contributed by atoms with Crippen LogP contribution in [0.1, 0.15) is 32.3 Å². The van der Waals surface area contributed by atoms with Crippen molar-refractivity contribution in [2.75, 3.05) is 19.7 Å². The number of nitrogens with one attached hydrogen (secondary N) is 1. The van der Waals surface area contributed by atoms with Gasteiger partial charge < -0.3 is 25.8 Å². The fourth-order valence-corrected chi connectivity index (χ4v) is 5.06. The Morgan fingerprint density at radius 3 is 2.76 bits per heavy atom. The molecule has 7 nitrogen and oxygen atoms in total. The second-order valence-corrected chi connectivity index (χ2v) is 10.2. The molecule has 0 saturated carbocycles. The van der Waals surface area contributed by atoms with Crippen molar-refractivity contribution < 1.29 is 19.4 Å². The van der Waals surface area contributed by atoms with E-state index in [1.807, 2.05) is 44.2 Å². The number of hydrogen-bond donors (Lipinski definition) is 3. The summed E-state index contributed by atoms with van der Waals surface area (Å²) in [6.07, 6.45) is 0.986. The minimum Gasteiger partial charge on any atom is -0.382 e. The van der Waals surface area contributed by atoms with Gasteiger partial charge in [-0.15, -0.1) is 11.8 Å². The van der Waals surface area contributed by atoms with Gasteiger partial charge in [-0.05, 0) is 38.7 Å². The highest BCUT2D eigenvalue weighted by molar-refractivity contribution is 8.02. The molecule has 160 valence electrons. The van der Waals surface area contributed by atoms with E-state index >= 15 is 0 Å². The molecule has 4 N–H and O–H groups in total. The number of hydrogen-bond acceptors (Lipinski definition) is 6. The Hall–Kier alpha value is -1.61. The summed E-state index contributed by atoms with van der Waals surface area (Å²) in [5.74, 6) is -0.725. The van der Waals surface area contributed by atoms with Gasteiger partial charge in [-0.25, -0.2) is 0 Å². The molecule has 3 rings (SSSR count). The summed E-state index contributed by atoms with van der Waals surface area (Å²) in [4.78, 5) is 27.3. The summed E-state index contributed by atoms with van der Waals surface area (Å²) in [6.45, 7) is 5.52. The molecule has 2 heterocycles. The molecule has 0 unspecified atom stereocenters. The molecule has 0 bridgehead atoms. The Morgan fingerprint density at radius 1 is 1.38 bits per heavy atom. The van der Waals surface area contributed by atoms with Gasteiger partial charge in [-0.3, -0.25) is 9.59 Å². The summed E-state index contributed by atoms with van der Waals surface area (Å²) in [5.41, 5.74) is 7.08. The molecule has 1 aromatic carbocycles. The van der Waals surface area contributed by atoms with Crippen molar-refractivity contribution in [3.63, 3.8) is 0 Å². The average Bonchev–Trinajstić information content (AvgIpc) is 3.33. The zero-order valence-electron chi connectivity index (χ0n) is 17.0. The molecule has 0 radical (unpaired) electrons. The number of aliphatic hydroxyl groups excluding tert-OH is 1. The molecular weight excluding hydrogens is 390 g/mol. The monoisotopic (exact) mass is 421 g/mol. The minimum atomic E-state index is -1.36. The summed E-state index contributed by atoms with van der Waals surface area (Å²) < 4.78 is 5.26. The van der Waals surface area contributed by atoms with Crippen LogP contribution in [-0.4, -0.2) is 69.9 Å². The SMILES string of the molecule is CC1(C)CN(C(=O)[C@@H](O)[C@@H](N)Cc2ccccc2)[C@@H](C(=O)NC[C@H]2CCCO2)S1. The lowest BCUT2D eigenvalue weighted by Gasteiger charge is -2.28. The smallest absolute Gasteiger partial charge is 0.254 e. The van der Waals surface area contributed by atoms with Crippen LogP contribution < -0.4 is 11.1 Å². The number of rotatable bonds is 7. The van der Waals surface area contributed by atoms with E-state index in [-0.39, 0.29) is 16.8 Å². The van der Waals surface area contributed by atoms with Gasteiger partial charge in [0.25, 0.3) is 11.8 Å². The van der Waals surface area contributed by atoms with E-state index in [1.165, 1.54) is 16.7 Å². The van der Waals surface area contributed by atoms with Crippen LogP contribution >= 0.6 is 11.8 Å². The average molecular weight is 422 g/mol. The van der Waals surface area contributed by atoms with Gasteiger partial charge in [0.05, 0.1) is 6.10 Å². The zero-order valence-corrected chi connectivity index (χ0v) is 17.9. The molecular formula is C21H31N3O4S. The third kappa shape index (κ3) is 5.72. The number of carbonyl (C=O) groups is 2. The highest BCUT2D eigenvalue weighted by atomic mass is 32.2. The largest absolute Gasteiger partial charge is 0.382 e. The number of nitrogens with zero attached hydrogens (tertiary/aromatic N) is 1. The second-order valence-electron chi connectivity index (χ2n) is 8.37. The molecule has 0 aliphatic carbocycles. The van der Waals surface area contributed by atoms with Gasteiger partial charge in [-0.1, -0.05) is 30.3 Å². The number of nitrogens with two attached hydrogens (primary N) is 1. The number of carbonyl (C=O) groups excluding carboxylic acids is 2. The van der Waals surface area contributed by atoms with Crippen LogP contribution in [0.15, 0.2) is 30.3 Å². The predicted octanol–water partition coefficient (Wildman–Crippen LogP) is 0.893. The molecule has 0 aromatic heterocycles. The van der Waals surface area contributed by atoms with Crippen LogP contribution in [0.25, 0.3) is 0 Å². The van der Waals surface area contributed by atoms with E-state index < -0.39 is 23.4 Å². The number of benzene rings is 1. The van der Waals surface area contributed by atoms with Crippen molar-refractivity contribution in [1.29, 1.82) is 0 Å². The number of amides is 2. The maximum Gasteiger partial charge on any atom is 0.254 e. The van der Waals surface area contributed by atoms with Crippen molar-refractivity contribution in [1.82, 2.24) is 10.2 Å². The van der Waals surface area contributed by atoms with Crippen LogP contribution in [0.5, 0.6) is 0 Å². The quantitative estimate of drug-likeness (QED) is 0.604. The Kier molecular flexibility index (Phi) is 7.21. The van der Waals surface area contributed by atoms with Gasteiger partial charge in [-0.2, -0.15) is 0 Å². The van der Waals surface area contributed by atoms with E-state index in [9.17, 15) is 14.7 Å². The van der Waals surface area contributed by atoms with Crippen molar-refractivity contribution in [3.05, 3.63) is 35.9 Å². The molecule has 2 fully saturated rings. The number of aliphatic hydroxyl groups is 1. The fourth-order valence-electron chi connectivity index (χ4n) is 3.74. The zero-order chi connectivity index (χ0) is 21.0. The van der Waals surface area contributed by atoms with Crippen molar-refractivity contribution in [3.8, 4) is 0 Å². The minimum absolute atomic E-state index is 0.0346. The maximum absolute atomic E-state index is 13.0. The fraction of sp³-hybridized carbons (Fsp3) is 0.619. The van der Waals surface area contributed by atoms with E-state index in [4.69, 9.17) is 10.5 Å². The number of ether oxygens (including phenoxy) is 1. The van der Waals surface area contributed by atoms with E-state index in [0.717, 1.165) is 25.0 Å². The molecule has 1 aromatic rings. The molecule has 2 saturated heterocycles. The Morgan fingerprint density at radius 2 is 2.10 bits per heavy atom. The maximum atomic E-state index is 13.0. The third-order valence-corrected chi connectivity index (χ3v) is 6.73. The molecule has 0 spiro atoms. The van der Waals surface area contributed by atoms with Crippen molar-refractivity contribution in [2.45, 2.75) is 61.5 Å². The topological polar surface area (TPSA) is 105 Å². The normalized spacial score (nSPS) is 25.6. The Bertz CT molecular complexity index is 709. The molecule has 2 aliphatic heterocycles. The van der Waals surface area contributed by atoms with E-state index in [1.54, 1.807) is 0 Å². The first-order valence-electron chi connectivity index (χ1n) is 10.1. The van der Waals surface area contributed by atoms with Crippen molar-refractivity contribution >= 4 is 23.6 Å². The van der Waals surface area contributed by atoms with Crippen molar-refractivity contribution in [2.24, 2.45) is 5.73 Å². The molecule has 29 heavy (non-hydrogen) atoms. The van der Waals surface area contributed by atoms with Gasteiger partial charge >= 0.3 is 0 Å². The lowest BCUT2D eigenvalue weighted by Crippen LogP contribution is -2.54. The van der Waals surface area contributed by atoms with Crippen LogP contribution in [0.2, 0.25) is 0 Å². The van der Waals surface area contributed by atoms with Crippen LogP contribution in [0.3, 0.4) is 0 Å². The standard InChI is InChI=1S/C21H31N3O4S/c1-21(2)13-24(20(29-21)18(26)23-12-15-9-6-10-28-15)19(27)17(25)16(22)11-14-7-4-3-5-8-14/h3-5,7-8,15-17,20,25H,6,9-13,22H2,1-2H3,(H,23,26)/t15-,16+,17+,20-/m1/s1. The van der Waals surface area contributed by atoms with Gasteiger partial charge in [0.1, 0.15) is 6.10 Å². The first kappa shape index (κ1) is 22.1. The second kappa shape index (κ2) is 9.47. The van der Waals surface area contributed by atoms with Crippen LogP contribution in [-0.2, 0) is 20.7 Å². The summed E-state index contributed by atoms with van der Waals surface area (Å²) in [6, 6.07) is 8.77. The molecule has 8 heteroatoms. The Labute approximate surface area is 176 Å². The lowest BCUT2D eigenvalue weighted by atomic mass is 10.0. The molecule has 2 amide bonds. The van der Waals surface area contributed by atoms with Gasteiger partial charge in [0.2, 0.25) is 0 Å². The van der Waals surface area contributed by atoms with Crippen LogP contribution in [0, 0.1) is 0 Å². The lowest BCUT2D eigenvalue weighted by molar-refractivity contribution is -0.145. The predicted molar refractivity (Wildman–Crippen MR) is 113 cm³/mol. The molecule has 2 aliphatic rings. The number of thioether (sulfide) groups is 1. The first-order chi connectivity index (χ1) is 13.8. The summed E-state index contributed by atoms with van der Waals surface area (Å²) in [5, 5.41) is 12.8. The Balaban J connectivity index is 1.63. The van der Waals surface area contributed by atoms with Gasteiger partial charge in [0, 0.05) is 30.5 Å². The first-order valence-corrected chi connectivity index (χ1v) is 11.0.